The van der Waals surface area contributed by atoms with E-state index in [2.05, 4.69) is 0 Å². The van der Waals surface area contributed by atoms with E-state index in [4.69, 9.17) is 4.74 Å². The second-order valence-corrected chi connectivity index (χ2v) is 5.69. The maximum absolute atomic E-state index is 12.8. The average Bonchev–Trinajstić information content (AvgIpc) is 2.86. The summed E-state index contributed by atoms with van der Waals surface area (Å²) in [6.45, 7) is 2.35. The lowest BCUT2D eigenvalue weighted by Gasteiger charge is -2.20. The molecule has 24 heavy (non-hydrogen) atoms. The highest BCUT2D eigenvalue weighted by Gasteiger charge is 2.44. The molecule has 0 bridgehead atoms. The van der Waals surface area contributed by atoms with Crippen LogP contribution in [0.5, 0.6) is 5.75 Å². The molecule has 2 aromatic carbocycles. The average molecular weight is 324 g/mol. The van der Waals surface area contributed by atoms with Crippen LogP contribution in [-0.2, 0) is 11.3 Å². The van der Waals surface area contributed by atoms with Crippen molar-refractivity contribution >= 4 is 17.6 Å². The number of carbonyl (C=O) groups excluding carboxylic acids is 2. The van der Waals surface area contributed by atoms with Gasteiger partial charge in [-0.05, 0) is 36.2 Å². The number of amides is 3. The van der Waals surface area contributed by atoms with Gasteiger partial charge < -0.3 is 9.64 Å². The van der Waals surface area contributed by atoms with Gasteiger partial charge in [0.15, 0.2) is 0 Å². The maximum atomic E-state index is 12.8. The molecule has 1 aliphatic rings. The van der Waals surface area contributed by atoms with E-state index in [1.54, 1.807) is 36.3 Å². The largest absolute Gasteiger partial charge is 0.497 e. The SMILES string of the molecule is CCC1C(=O)N(c2ccc(OC)cc2)C(=O)N1Cc1ccccc1. The maximum Gasteiger partial charge on any atom is 0.332 e. The van der Waals surface area contributed by atoms with Gasteiger partial charge in [0.1, 0.15) is 11.8 Å². The van der Waals surface area contributed by atoms with E-state index in [9.17, 15) is 9.59 Å². The Bertz CT molecular complexity index is 728. The Hall–Kier alpha value is -2.82. The predicted molar refractivity (Wildman–Crippen MR) is 91.9 cm³/mol. The Morgan fingerprint density at radius 3 is 2.25 bits per heavy atom. The van der Waals surface area contributed by atoms with Crippen molar-refractivity contribution in [3.63, 3.8) is 0 Å². The summed E-state index contributed by atoms with van der Waals surface area (Å²) in [5.41, 5.74) is 1.58. The molecule has 1 unspecified atom stereocenters. The van der Waals surface area contributed by atoms with Gasteiger partial charge in [-0.25, -0.2) is 9.69 Å². The number of imide groups is 1. The first-order valence-electron chi connectivity index (χ1n) is 7.98. The summed E-state index contributed by atoms with van der Waals surface area (Å²) in [5, 5.41) is 0. The van der Waals surface area contributed by atoms with Crippen molar-refractivity contribution in [2.24, 2.45) is 0 Å². The molecule has 0 N–H and O–H groups in total. The standard InChI is InChI=1S/C19H20N2O3/c1-3-17-18(22)21(15-9-11-16(24-2)12-10-15)19(23)20(17)13-14-7-5-4-6-8-14/h4-12,17H,3,13H2,1-2H3. The highest BCUT2D eigenvalue weighted by molar-refractivity contribution is 6.21. The number of rotatable bonds is 5. The fraction of sp³-hybridized carbons (Fsp3) is 0.263. The Kier molecular flexibility index (Phi) is 4.51. The molecule has 1 atom stereocenters. The van der Waals surface area contributed by atoms with E-state index < -0.39 is 6.04 Å². The van der Waals surface area contributed by atoms with Gasteiger partial charge in [0.25, 0.3) is 5.91 Å². The van der Waals surface area contributed by atoms with E-state index in [1.807, 2.05) is 37.3 Å². The minimum Gasteiger partial charge on any atom is -0.497 e. The number of carbonyl (C=O) groups is 2. The minimum absolute atomic E-state index is 0.177. The first kappa shape index (κ1) is 16.1. The van der Waals surface area contributed by atoms with E-state index in [1.165, 1.54) is 4.90 Å². The van der Waals surface area contributed by atoms with Crippen molar-refractivity contribution in [1.82, 2.24) is 4.90 Å². The lowest BCUT2D eigenvalue weighted by atomic mass is 10.1. The molecule has 0 aliphatic carbocycles. The number of ether oxygens (including phenoxy) is 1. The van der Waals surface area contributed by atoms with Crippen LogP contribution in [0, 0.1) is 0 Å². The number of nitrogens with zero attached hydrogens (tertiary/aromatic N) is 2. The molecule has 3 rings (SSSR count). The van der Waals surface area contributed by atoms with Gasteiger partial charge in [-0.2, -0.15) is 0 Å². The van der Waals surface area contributed by atoms with Crippen molar-refractivity contribution < 1.29 is 14.3 Å². The topological polar surface area (TPSA) is 49.9 Å². The Labute approximate surface area is 141 Å². The molecule has 1 heterocycles. The highest BCUT2D eigenvalue weighted by atomic mass is 16.5. The number of methoxy groups -OCH3 is 1. The number of benzene rings is 2. The Balaban J connectivity index is 1.88. The molecule has 124 valence electrons. The molecular formula is C19H20N2O3. The first-order valence-corrected chi connectivity index (χ1v) is 7.98. The Morgan fingerprint density at radius 2 is 1.67 bits per heavy atom. The molecule has 0 aromatic heterocycles. The molecule has 1 saturated heterocycles. The van der Waals surface area contributed by atoms with Crippen molar-refractivity contribution in [1.29, 1.82) is 0 Å². The molecule has 1 aliphatic heterocycles. The molecular weight excluding hydrogens is 304 g/mol. The molecule has 5 heteroatoms. The van der Waals surface area contributed by atoms with E-state index in [-0.39, 0.29) is 11.9 Å². The summed E-state index contributed by atoms with van der Waals surface area (Å²) in [5.74, 6) is 0.509. The van der Waals surface area contributed by atoms with Crippen LogP contribution in [0.15, 0.2) is 54.6 Å². The monoisotopic (exact) mass is 324 g/mol. The van der Waals surface area contributed by atoms with Gasteiger partial charge in [-0.15, -0.1) is 0 Å². The van der Waals surface area contributed by atoms with Gasteiger partial charge in [-0.3, -0.25) is 4.79 Å². The predicted octanol–water partition coefficient (Wildman–Crippen LogP) is 3.44. The molecule has 3 amide bonds. The van der Waals surface area contributed by atoms with Crippen LogP contribution in [-0.4, -0.2) is 30.0 Å². The van der Waals surface area contributed by atoms with Crippen LogP contribution in [0.1, 0.15) is 18.9 Å². The van der Waals surface area contributed by atoms with Crippen LogP contribution < -0.4 is 9.64 Å². The summed E-state index contributed by atoms with van der Waals surface area (Å²) < 4.78 is 5.13. The number of urea groups is 1. The summed E-state index contributed by atoms with van der Waals surface area (Å²) in [6.07, 6.45) is 0.587. The lowest BCUT2D eigenvalue weighted by Crippen LogP contribution is -2.34. The summed E-state index contributed by atoms with van der Waals surface area (Å²) in [6, 6.07) is 16.0. The second kappa shape index (κ2) is 6.74. The van der Waals surface area contributed by atoms with E-state index >= 15 is 0 Å². The lowest BCUT2D eigenvalue weighted by molar-refractivity contribution is -0.119. The fourth-order valence-electron chi connectivity index (χ4n) is 2.96. The van der Waals surface area contributed by atoms with Gasteiger partial charge in [-0.1, -0.05) is 37.3 Å². The smallest absolute Gasteiger partial charge is 0.332 e. The highest BCUT2D eigenvalue weighted by Crippen LogP contribution is 2.29. The summed E-state index contributed by atoms with van der Waals surface area (Å²) in [7, 11) is 1.58. The third-order valence-corrected chi connectivity index (χ3v) is 4.23. The number of anilines is 1. The van der Waals surface area contributed by atoms with Crippen LogP contribution in [0.3, 0.4) is 0 Å². The van der Waals surface area contributed by atoms with E-state index in [0.29, 0.717) is 24.4 Å². The van der Waals surface area contributed by atoms with Crippen molar-refractivity contribution in [3.8, 4) is 5.75 Å². The molecule has 0 saturated carbocycles. The van der Waals surface area contributed by atoms with Crippen LogP contribution in [0.25, 0.3) is 0 Å². The van der Waals surface area contributed by atoms with Crippen LogP contribution in [0.2, 0.25) is 0 Å². The summed E-state index contributed by atoms with van der Waals surface area (Å²) in [4.78, 5) is 28.5. The molecule has 2 aromatic rings. The molecule has 1 fully saturated rings. The zero-order valence-corrected chi connectivity index (χ0v) is 13.8. The third-order valence-electron chi connectivity index (χ3n) is 4.23. The van der Waals surface area contributed by atoms with Crippen LogP contribution in [0.4, 0.5) is 10.5 Å². The first-order chi connectivity index (χ1) is 11.7. The van der Waals surface area contributed by atoms with Gasteiger partial charge in [0.05, 0.1) is 12.8 Å². The fourth-order valence-corrected chi connectivity index (χ4v) is 2.96. The van der Waals surface area contributed by atoms with Crippen molar-refractivity contribution in [2.45, 2.75) is 25.9 Å². The quantitative estimate of drug-likeness (QED) is 0.792. The van der Waals surface area contributed by atoms with Crippen molar-refractivity contribution in [3.05, 3.63) is 60.2 Å². The number of hydrogen-bond acceptors (Lipinski definition) is 3. The normalized spacial score (nSPS) is 17.5. The zero-order valence-electron chi connectivity index (χ0n) is 13.8. The van der Waals surface area contributed by atoms with Gasteiger partial charge in [0, 0.05) is 6.54 Å². The minimum atomic E-state index is -0.431. The molecule has 5 nitrogen and oxygen atoms in total. The van der Waals surface area contributed by atoms with E-state index in [0.717, 1.165) is 5.56 Å². The number of hydrogen-bond donors (Lipinski definition) is 0. The van der Waals surface area contributed by atoms with Gasteiger partial charge >= 0.3 is 6.03 Å². The van der Waals surface area contributed by atoms with Crippen LogP contribution >= 0.6 is 0 Å². The zero-order chi connectivity index (χ0) is 17.1. The Morgan fingerprint density at radius 1 is 1.00 bits per heavy atom. The molecule has 0 spiro atoms. The van der Waals surface area contributed by atoms with Crippen molar-refractivity contribution in [2.75, 3.05) is 12.0 Å². The van der Waals surface area contributed by atoms with Gasteiger partial charge in [0.2, 0.25) is 0 Å². The second-order valence-electron chi connectivity index (χ2n) is 5.69. The third kappa shape index (κ3) is 2.85. The molecule has 0 radical (unpaired) electrons. The summed E-state index contributed by atoms with van der Waals surface area (Å²) >= 11 is 0.